The van der Waals surface area contributed by atoms with Crippen LogP contribution in [0, 0.1) is 17.8 Å². The van der Waals surface area contributed by atoms with Gasteiger partial charge in [0.1, 0.15) is 11.9 Å². The second-order valence-corrected chi connectivity index (χ2v) is 14.6. The molecular weight excluding hydrogens is 685 g/mol. The van der Waals surface area contributed by atoms with Gasteiger partial charge in [0.05, 0.1) is 17.3 Å². The van der Waals surface area contributed by atoms with E-state index in [0.717, 1.165) is 85.8 Å². The van der Waals surface area contributed by atoms with Gasteiger partial charge in [-0.2, -0.15) is 9.61 Å². The van der Waals surface area contributed by atoms with E-state index in [9.17, 15) is 24.0 Å². The van der Waals surface area contributed by atoms with Crippen molar-refractivity contribution in [2.45, 2.75) is 82.8 Å². The maximum absolute atomic E-state index is 13.4. The van der Waals surface area contributed by atoms with E-state index >= 15 is 0 Å². The number of hydrogen-bond donors (Lipinski definition) is 3. The number of imide groups is 2. The van der Waals surface area contributed by atoms with E-state index in [1.54, 1.807) is 24.4 Å². The summed E-state index contributed by atoms with van der Waals surface area (Å²) in [5.41, 5.74) is 4.47. The molecule has 13 heteroatoms. The molecule has 8 rings (SSSR count). The largest absolute Gasteiger partial charge is 0.371 e. The minimum absolute atomic E-state index is 0.0683. The van der Waals surface area contributed by atoms with Crippen LogP contribution in [0.25, 0.3) is 5.65 Å². The van der Waals surface area contributed by atoms with Crippen LogP contribution in [0.3, 0.4) is 0 Å². The highest BCUT2D eigenvalue weighted by Gasteiger charge is 2.45. The molecule has 3 aliphatic heterocycles. The maximum atomic E-state index is 13.4. The summed E-state index contributed by atoms with van der Waals surface area (Å²) >= 11 is 0. The summed E-state index contributed by atoms with van der Waals surface area (Å²) in [6.45, 7) is 3.72. The number of aromatic nitrogens is 3. The molecule has 0 bridgehead atoms. The van der Waals surface area contributed by atoms with E-state index in [0.29, 0.717) is 11.1 Å². The van der Waals surface area contributed by atoms with Crippen molar-refractivity contribution in [1.82, 2.24) is 30.1 Å². The number of carbonyl (C=O) groups is 5. The van der Waals surface area contributed by atoms with E-state index in [-0.39, 0.29) is 47.9 Å². The number of amides is 5. The zero-order valence-corrected chi connectivity index (χ0v) is 30.1. The van der Waals surface area contributed by atoms with Crippen molar-refractivity contribution in [2.75, 3.05) is 23.3 Å². The van der Waals surface area contributed by atoms with Crippen molar-refractivity contribution in [3.8, 4) is 11.8 Å². The van der Waals surface area contributed by atoms with Gasteiger partial charge < -0.3 is 15.5 Å². The molecule has 2 aromatic carbocycles. The number of nitrogens with one attached hydrogen (secondary N) is 3. The number of fused-ring (bicyclic) bond motifs is 2. The first-order chi connectivity index (χ1) is 26.2. The van der Waals surface area contributed by atoms with Gasteiger partial charge in [0.2, 0.25) is 11.8 Å². The molecule has 2 aromatic heterocycles. The number of rotatable bonds is 8. The molecule has 4 aliphatic rings. The molecule has 1 saturated carbocycles. The molecule has 1 unspecified atom stereocenters. The van der Waals surface area contributed by atoms with Gasteiger partial charge in [-0.05, 0) is 81.3 Å². The summed E-state index contributed by atoms with van der Waals surface area (Å²) in [5, 5.41) is 13.6. The predicted molar refractivity (Wildman–Crippen MR) is 201 cm³/mol. The van der Waals surface area contributed by atoms with Crippen LogP contribution in [0.4, 0.5) is 11.5 Å². The highest BCUT2D eigenvalue weighted by atomic mass is 16.2. The number of aryl methyl sites for hydroxylation is 1. The first-order valence-corrected chi connectivity index (χ1v) is 18.9. The Kier molecular flexibility index (Phi) is 9.58. The number of benzene rings is 2. The van der Waals surface area contributed by atoms with E-state index in [4.69, 9.17) is 4.98 Å². The molecule has 0 radical (unpaired) electrons. The summed E-state index contributed by atoms with van der Waals surface area (Å²) in [7, 11) is 0. The lowest BCUT2D eigenvalue weighted by atomic mass is 9.95. The quantitative estimate of drug-likeness (QED) is 0.180. The Hall–Kier alpha value is -6.03. The van der Waals surface area contributed by atoms with Crippen LogP contribution in [0.1, 0.15) is 101 Å². The number of nitrogens with zero attached hydrogens (tertiary/aromatic N) is 5. The monoisotopic (exact) mass is 726 g/mol. The summed E-state index contributed by atoms with van der Waals surface area (Å²) in [6, 6.07) is 16.1. The topological polar surface area (TPSA) is 158 Å². The predicted octanol–water partition coefficient (Wildman–Crippen LogP) is 4.11. The van der Waals surface area contributed by atoms with Crippen molar-refractivity contribution >= 4 is 46.7 Å². The molecule has 13 nitrogen and oxygen atoms in total. The van der Waals surface area contributed by atoms with Crippen molar-refractivity contribution in [3.63, 3.8) is 0 Å². The Bertz CT molecular complexity index is 2210. The fourth-order valence-corrected chi connectivity index (χ4v) is 8.08. The average Bonchev–Trinajstić information content (AvgIpc) is 3.90. The van der Waals surface area contributed by atoms with Crippen LogP contribution in [0.2, 0.25) is 0 Å². The molecule has 54 heavy (non-hydrogen) atoms. The van der Waals surface area contributed by atoms with E-state index in [1.807, 2.05) is 34.8 Å². The number of hydrogen-bond acceptors (Lipinski definition) is 9. The molecule has 3 atom stereocenters. The fraction of sp³-hybridized carbons (Fsp3) is 0.390. The summed E-state index contributed by atoms with van der Waals surface area (Å²) in [4.78, 5) is 71.8. The Morgan fingerprint density at radius 1 is 0.944 bits per heavy atom. The minimum Gasteiger partial charge on any atom is -0.371 e. The molecular formula is C41H42N8O5. The summed E-state index contributed by atoms with van der Waals surface area (Å²) in [6.07, 6.45) is 8.19. The summed E-state index contributed by atoms with van der Waals surface area (Å²) in [5.74, 6) is 5.32. The third-order valence-corrected chi connectivity index (χ3v) is 10.9. The van der Waals surface area contributed by atoms with Gasteiger partial charge in [0, 0.05) is 72.2 Å². The van der Waals surface area contributed by atoms with Crippen LogP contribution < -0.4 is 20.9 Å². The Balaban J connectivity index is 0.837. The third kappa shape index (κ3) is 6.91. The van der Waals surface area contributed by atoms with Crippen LogP contribution >= 0.6 is 0 Å². The highest BCUT2D eigenvalue weighted by molar-refractivity contribution is 6.24. The van der Waals surface area contributed by atoms with Gasteiger partial charge in [-0.15, -0.1) is 0 Å². The fourth-order valence-electron chi connectivity index (χ4n) is 8.08. The Labute approximate surface area is 312 Å². The van der Waals surface area contributed by atoms with Gasteiger partial charge in [0.15, 0.2) is 5.65 Å². The first-order valence-electron chi connectivity index (χ1n) is 18.9. The SMILES string of the molecule is CCCc1cc(N[C@@H]2CC[C@@H](NC(=O)c3ccc(N4CCC(C#Cc5cccc6c5C(=O)N(C5CCC(=O)NC5=O)C6=O)CC4)cc3)C2)n2nccc2n1. The van der Waals surface area contributed by atoms with Gasteiger partial charge >= 0.3 is 0 Å². The Morgan fingerprint density at radius 2 is 1.74 bits per heavy atom. The number of carbonyl (C=O) groups excluding carboxylic acids is 5. The summed E-state index contributed by atoms with van der Waals surface area (Å²) < 4.78 is 1.84. The molecule has 5 amide bonds. The van der Waals surface area contributed by atoms with Crippen LogP contribution in [-0.4, -0.2) is 80.2 Å². The maximum Gasteiger partial charge on any atom is 0.263 e. The number of piperidine rings is 2. The van der Waals surface area contributed by atoms with Gasteiger partial charge in [-0.3, -0.25) is 34.2 Å². The van der Waals surface area contributed by atoms with Crippen LogP contribution in [0.5, 0.6) is 0 Å². The van der Waals surface area contributed by atoms with Crippen molar-refractivity contribution in [2.24, 2.45) is 5.92 Å². The minimum atomic E-state index is -1.01. The lowest BCUT2D eigenvalue weighted by molar-refractivity contribution is -0.136. The third-order valence-electron chi connectivity index (χ3n) is 10.9. The van der Waals surface area contributed by atoms with E-state index < -0.39 is 29.7 Å². The zero-order chi connectivity index (χ0) is 37.3. The second kappa shape index (κ2) is 14.8. The molecule has 3 fully saturated rings. The molecule has 2 saturated heterocycles. The van der Waals surface area contributed by atoms with Crippen molar-refractivity contribution < 1.29 is 24.0 Å². The molecule has 4 aromatic rings. The lowest BCUT2D eigenvalue weighted by Crippen LogP contribution is -2.54. The van der Waals surface area contributed by atoms with Gasteiger partial charge in [0.25, 0.3) is 17.7 Å². The zero-order valence-electron chi connectivity index (χ0n) is 30.1. The van der Waals surface area contributed by atoms with Gasteiger partial charge in [-0.25, -0.2) is 4.98 Å². The van der Waals surface area contributed by atoms with E-state index in [2.05, 4.69) is 50.8 Å². The molecule has 3 N–H and O–H groups in total. The van der Waals surface area contributed by atoms with E-state index in [1.165, 1.54) is 0 Å². The second-order valence-electron chi connectivity index (χ2n) is 14.6. The lowest BCUT2D eigenvalue weighted by Gasteiger charge is -2.31. The highest BCUT2D eigenvalue weighted by Crippen LogP contribution is 2.31. The molecule has 5 heterocycles. The smallest absolute Gasteiger partial charge is 0.263 e. The standard InChI is InChI=1S/C41H42N8O5/c1-2-4-28-24-35(49-34(43-28)17-20-42-49)44-29-11-12-30(23-29)45-38(51)27-9-13-31(14-10-27)47-21-18-25(19-22-47)7-8-26-5-3-6-32-37(26)41(54)48(40(32)53)33-15-16-36(50)46-39(33)52/h3,5-6,9-10,13-14,17,20,24-25,29-30,33,44H,2,4,11-12,15-16,18-19,21-23H2,1H3,(H,45,51)(H,46,50,52)/t29-,30-,33?/m1/s1. The Morgan fingerprint density at radius 3 is 2.52 bits per heavy atom. The van der Waals surface area contributed by atoms with Crippen LogP contribution in [0.15, 0.2) is 60.8 Å². The van der Waals surface area contributed by atoms with Gasteiger partial charge in [-0.1, -0.05) is 31.3 Å². The molecule has 0 spiro atoms. The number of anilines is 2. The normalized spacial score (nSPS) is 21.5. The van der Waals surface area contributed by atoms with Crippen LogP contribution in [-0.2, 0) is 16.0 Å². The van der Waals surface area contributed by atoms with Crippen molar-refractivity contribution in [3.05, 3.63) is 88.7 Å². The molecule has 276 valence electrons. The first kappa shape index (κ1) is 35.0. The van der Waals surface area contributed by atoms with Crippen molar-refractivity contribution in [1.29, 1.82) is 0 Å². The average molecular weight is 727 g/mol. The molecule has 1 aliphatic carbocycles.